The number of rotatable bonds is 4. The van der Waals surface area contributed by atoms with Crippen molar-refractivity contribution in [3.05, 3.63) is 64.7 Å². The molecule has 0 radical (unpaired) electrons. The van der Waals surface area contributed by atoms with Crippen molar-refractivity contribution in [3.63, 3.8) is 0 Å². The maximum Gasteiger partial charge on any atom is 0.270 e. The Kier molecular flexibility index (Phi) is 5.83. The smallest absolute Gasteiger partial charge is 0.270 e. The second kappa shape index (κ2) is 8.27. The second-order valence-corrected chi connectivity index (χ2v) is 7.46. The van der Waals surface area contributed by atoms with Gasteiger partial charge in [0.1, 0.15) is 11.5 Å². The van der Waals surface area contributed by atoms with Gasteiger partial charge in [-0.25, -0.2) is 0 Å². The molecule has 2 heterocycles. The highest BCUT2D eigenvalue weighted by Gasteiger charge is 2.23. The van der Waals surface area contributed by atoms with Crippen LogP contribution in [-0.2, 0) is 4.79 Å². The summed E-state index contributed by atoms with van der Waals surface area (Å²) in [6, 6.07) is 9.00. The van der Waals surface area contributed by atoms with Crippen LogP contribution in [0.2, 0.25) is 0 Å². The van der Waals surface area contributed by atoms with Crippen LogP contribution in [0.1, 0.15) is 27.2 Å². The zero-order valence-electron chi connectivity index (χ0n) is 15.0. The number of carbonyl (C=O) groups is 2. The maximum absolute atomic E-state index is 12.9. The molecule has 1 saturated heterocycles. The molecule has 0 aliphatic carbocycles. The molecule has 1 aromatic heterocycles. The lowest BCUT2D eigenvalue weighted by Crippen LogP contribution is -2.42. The standard InChI is InChI=1S/C20H22N2O3S/c1-14-5-6-16(12-15(14)2)19(23)21-18(13-17-4-3-9-25-17)20(24)22-7-10-26-11-8-22/h3-6,9,12-13H,7-8,10-11H2,1-2H3,(H,21,23)/b18-13+. The average molecular weight is 370 g/mol. The van der Waals surface area contributed by atoms with Crippen LogP contribution < -0.4 is 5.32 Å². The molecule has 6 heteroatoms. The minimum Gasteiger partial charge on any atom is -0.465 e. The molecule has 5 nitrogen and oxygen atoms in total. The third-order valence-electron chi connectivity index (χ3n) is 4.38. The molecule has 136 valence electrons. The van der Waals surface area contributed by atoms with E-state index in [9.17, 15) is 9.59 Å². The number of hydrogen-bond acceptors (Lipinski definition) is 4. The van der Waals surface area contributed by atoms with Crippen molar-refractivity contribution in [2.75, 3.05) is 24.6 Å². The first-order valence-corrected chi connectivity index (χ1v) is 9.71. The molecule has 0 spiro atoms. The van der Waals surface area contributed by atoms with Crippen LogP contribution >= 0.6 is 11.8 Å². The van der Waals surface area contributed by atoms with Crippen molar-refractivity contribution in [2.45, 2.75) is 13.8 Å². The van der Waals surface area contributed by atoms with Gasteiger partial charge in [-0.15, -0.1) is 0 Å². The summed E-state index contributed by atoms with van der Waals surface area (Å²) < 4.78 is 5.32. The summed E-state index contributed by atoms with van der Waals surface area (Å²) in [5.41, 5.74) is 2.92. The Labute approximate surface area is 157 Å². The first-order valence-electron chi connectivity index (χ1n) is 8.55. The van der Waals surface area contributed by atoms with E-state index >= 15 is 0 Å². The molecule has 0 atom stereocenters. The monoisotopic (exact) mass is 370 g/mol. The van der Waals surface area contributed by atoms with E-state index in [0.717, 1.165) is 22.6 Å². The van der Waals surface area contributed by atoms with Crippen LogP contribution in [0.4, 0.5) is 0 Å². The fourth-order valence-corrected chi connectivity index (χ4v) is 3.58. The molecule has 2 amide bonds. The van der Waals surface area contributed by atoms with E-state index in [0.29, 0.717) is 24.4 Å². The molecule has 1 aliphatic rings. The summed E-state index contributed by atoms with van der Waals surface area (Å²) in [5.74, 6) is 1.86. The molecule has 1 N–H and O–H groups in total. The van der Waals surface area contributed by atoms with Crippen molar-refractivity contribution >= 4 is 29.7 Å². The van der Waals surface area contributed by atoms with Crippen LogP contribution in [0.25, 0.3) is 6.08 Å². The summed E-state index contributed by atoms with van der Waals surface area (Å²) in [4.78, 5) is 27.4. The van der Waals surface area contributed by atoms with E-state index < -0.39 is 0 Å². The summed E-state index contributed by atoms with van der Waals surface area (Å²) in [6.07, 6.45) is 3.12. The third-order valence-corrected chi connectivity index (χ3v) is 5.32. The predicted octanol–water partition coefficient (Wildman–Crippen LogP) is 3.24. The zero-order chi connectivity index (χ0) is 18.5. The summed E-state index contributed by atoms with van der Waals surface area (Å²) in [6.45, 7) is 5.32. The summed E-state index contributed by atoms with van der Waals surface area (Å²) >= 11 is 1.83. The number of hydrogen-bond donors (Lipinski definition) is 1. The van der Waals surface area contributed by atoms with Crippen molar-refractivity contribution < 1.29 is 14.0 Å². The Morgan fingerprint density at radius 2 is 1.92 bits per heavy atom. The predicted molar refractivity (Wildman–Crippen MR) is 104 cm³/mol. The molecule has 0 bridgehead atoms. The van der Waals surface area contributed by atoms with E-state index in [-0.39, 0.29) is 17.5 Å². The number of carbonyl (C=O) groups excluding carboxylic acids is 2. The van der Waals surface area contributed by atoms with Crippen molar-refractivity contribution in [3.8, 4) is 0 Å². The Balaban J connectivity index is 1.84. The van der Waals surface area contributed by atoms with E-state index in [1.807, 2.05) is 37.7 Å². The van der Waals surface area contributed by atoms with Crippen molar-refractivity contribution in [1.29, 1.82) is 0 Å². The first-order chi connectivity index (χ1) is 12.5. The van der Waals surface area contributed by atoms with E-state index in [1.54, 1.807) is 29.2 Å². The number of aryl methyl sites for hydroxylation is 2. The second-order valence-electron chi connectivity index (χ2n) is 6.23. The van der Waals surface area contributed by atoms with Crippen LogP contribution in [0.3, 0.4) is 0 Å². The molecule has 3 rings (SSSR count). The van der Waals surface area contributed by atoms with Gasteiger partial charge in [0.2, 0.25) is 0 Å². The topological polar surface area (TPSA) is 62.6 Å². The van der Waals surface area contributed by atoms with E-state index in [1.165, 1.54) is 6.26 Å². The number of furan rings is 1. The summed E-state index contributed by atoms with van der Waals surface area (Å²) in [5, 5.41) is 2.78. The fraction of sp³-hybridized carbons (Fsp3) is 0.300. The lowest BCUT2D eigenvalue weighted by atomic mass is 10.1. The van der Waals surface area contributed by atoms with Gasteiger partial charge in [-0.05, 0) is 49.2 Å². The average Bonchev–Trinajstić information content (AvgIpc) is 3.16. The van der Waals surface area contributed by atoms with Gasteiger partial charge in [-0.2, -0.15) is 11.8 Å². The number of amides is 2. The van der Waals surface area contributed by atoms with Crippen LogP contribution in [0.5, 0.6) is 0 Å². The Hall–Kier alpha value is -2.47. The van der Waals surface area contributed by atoms with E-state index in [2.05, 4.69) is 5.32 Å². The molecule has 0 unspecified atom stereocenters. The van der Waals surface area contributed by atoms with E-state index in [4.69, 9.17) is 4.42 Å². The number of benzene rings is 1. The first kappa shape index (κ1) is 18.3. The van der Waals surface area contributed by atoms with Gasteiger partial charge in [0.15, 0.2) is 0 Å². The molecule has 1 aliphatic heterocycles. The molecule has 0 saturated carbocycles. The Morgan fingerprint density at radius 1 is 1.15 bits per heavy atom. The molecule has 1 fully saturated rings. The molecule has 2 aromatic rings. The summed E-state index contributed by atoms with van der Waals surface area (Å²) in [7, 11) is 0. The normalized spacial score (nSPS) is 15.0. The Bertz CT molecular complexity index is 822. The minimum absolute atomic E-state index is 0.182. The van der Waals surface area contributed by atoms with Crippen molar-refractivity contribution in [1.82, 2.24) is 10.2 Å². The van der Waals surface area contributed by atoms with Crippen LogP contribution in [0.15, 0.2) is 46.7 Å². The molecular weight excluding hydrogens is 348 g/mol. The highest BCUT2D eigenvalue weighted by Crippen LogP contribution is 2.15. The van der Waals surface area contributed by atoms with Gasteiger partial charge in [-0.1, -0.05) is 6.07 Å². The van der Waals surface area contributed by atoms with Gasteiger partial charge in [0, 0.05) is 36.2 Å². The minimum atomic E-state index is -0.300. The van der Waals surface area contributed by atoms with Crippen LogP contribution in [0, 0.1) is 13.8 Å². The van der Waals surface area contributed by atoms with Gasteiger partial charge < -0.3 is 14.6 Å². The molecule has 1 aromatic carbocycles. The maximum atomic E-state index is 12.9. The lowest BCUT2D eigenvalue weighted by molar-refractivity contribution is -0.127. The zero-order valence-corrected chi connectivity index (χ0v) is 15.8. The molecule has 26 heavy (non-hydrogen) atoms. The largest absolute Gasteiger partial charge is 0.465 e. The van der Waals surface area contributed by atoms with Gasteiger partial charge >= 0.3 is 0 Å². The molecular formula is C20H22N2O3S. The lowest BCUT2D eigenvalue weighted by Gasteiger charge is -2.27. The van der Waals surface area contributed by atoms with Gasteiger partial charge in [0.25, 0.3) is 11.8 Å². The highest BCUT2D eigenvalue weighted by atomic mass is 32.2. The van der Waals surface area contributed by atoms with Gasteiger partial charge in [0.05, 0.1) is 6.26 Å². The van der Waals surface area contributed by atoms with Crippen LogP contribution in [-0.4, -0.2) is 41.3 Å². The van der Waals surface area contributed by atoms with Gasteiger partial charge in [-0.3, -0.25) is 9.59 Å². The third kappa shape index (κ3) is 4.38. The fourth-order valence-electron chi connectivity index (χ4n) is 2.68. The number of nitrogens with zero attached hydrogens (tertiary/aromatic N) is 1. The SMILES string of the molecule is Cc1ccc(C(=O)N/C(=C/c2ccco2)C(=O)N2CCSCC2)cc1C. The highest BCUT2D eigenvalue weighted by molar-refractivity contribution is 7.99. The quantitative estimate of drug-likeness (QED) is 0.840. The van der Waals surface area contributed by atoms with Crippen molar-refractivity contribution in [2.24, 2.45) is 0 Å². The number of nitrogens with one attached hydrogen (secondary N) is 1. The Morgan fingerprint density at radius 3 is 2.58 bits per heavy atom. The number of thioether (sulfide) groups is 1.